The molecule has 0 spiro atoms. The van der Waals surface area contributed by atoms with E-state index in [1.807, 2.05) is 30.3 Å². The first kappa shape index (κ1) is 12.9. The zero-order chi connectivity index (χ0) is 11.8. The van der Waals surface area contributed by atoms with Crippen LogP contribution in [-0.2, 0) is 20.5 Å². The lowest BCUT2D eigenvalue weighted by Crippen LogP contribution is -2.21. The predicted octanol–water partition coefficient (Wildman–Crippen LogP) is 2.43. The number of esters is 1. The minimum Gasteiger partial charge on any atom is -0.466 e. The Morgan fingerprint density at radius 3 is 2.62 bits per heavy atom. The number of ether oxygens (including phenoxy) is 1. The third-order valence-electron chi connectivity index (χ3n) is 2.27. The van der Waals surface area contributed by atoms with E-state index in [2.05, 4.69) is 0 Å². The summed E-state index contributed by atoms with van der Waals surface area (Å²) in [4.78, 5) is 11.6. The molecule has 0 aliphatic heterocycles. The summed E-state index contributed by atoms with van der Waals surface area (Å²) in [6, 6.07) is 9.70. The van der Waals surface area contributed by atoms with Crippen molar-refractivity contribution in [2.24, 2.45) is 5.92 Å². The summed E-state index contributed by atoms with van der Waals surface area (Å²) in [7, 11) is -0.464. The van der Waals surface area contributed by atoms with E-state index in [1.165, 1.54) is 0 Å². The molecule has 0 fully saturated rings. The zero-order valence-electron chi connectivity index (χ0n) is 9.31. The zero-order valence-corrected chi connectivity index (χ0v) is 10.3. The van der Waals surface area contributed by atoms with Crippen molar-refractivity contribution in [3.63, 3.8) is 0 Å². The number of rotatable bonds is 6. The van der Waals surface area contributed by atoms with Crippen LogP contribution in [0.2, 0.25) is 0 Å². The fourth-order valence-electron chi connectivity index (χ4n) is 1.50. The molecule has 1 rings (SSSR count). The number of carbonyl (C=O) groups excluding carboxylic acids is 1. The summed E-state index contributed by atoms with van der Waals surface area (Å²) >= 11 is 0. The van der Waals surface area contributed by atoms with Crippen LogP contribution in [0.1, 0.15) is 12.5 Å². The van der Waals surface area contributed by atoms with Gasteiger partial charge >= 0.3 is 14.4 Å². The molecule has 0 aliphatic rings. The van der Waals surface area contributed by atoms with Crippen molar-refractivity contribution in [3.05, 3.63) is 35.9 Å². The molecule has 0 saturated carbocycles. The molecule has 16 heavy (non-hydrogen) atoms. The van der Waals surface area contributed by atoms with Crippen LogP contribution >= 0.6 is 8.46 Å². The molecule has 0 bridgehead atoms. The predicted molar refractivity (Wildman–Crippen MR) is 64.1 cm³/mol. The summed E-state index contributed by atoms with van der Waals surface area (Å²) in [5.74, 6) is -0.548. The van der Waals surface area contributed by atoms with Crippen LogP contribution in [0.4, 0.5) is 0 Å². The third kappa shape index (κ3) is 4.11. The quantitative estimate of drug-likeness (QED) is 0.565. The van der Waals surface area contributed by atoms with Gasteiger partial charge in [0.15, 0.2) is 6.16 Å². The van der Waals surface area contributed by atoms with Crippen LogP contribution in [0.5, 0.6) is 0 Å². The van der Waals surface area contributed by atoms with E-state index < -0.39 is 8.46 Å². The highest BCUT2D eigenvalue weighted by atomic mass is 31.1. The molecule has 0 N–H and O–H groups in total. The Hall–Kier alpha value is -1.21. The van der Waals surface area contributed by atoms with E-state index in [0.29, 0.717) is 19.2 Å². The van der Waals surface area contributed by atoms with E-state index in [9.17, 15) is 9.36 Å². The maximum atomic E-state index is 11.6. The minimum absolute atomic E-state index is 0.255. The van der Waals surface area contributed by atoms with Gasteiger partial charge in [-0.25, -0.2) is 0 Å². The molecular weight excluding hydrogens is 223 g/mol. The molecule has 2 atom stereocenters. The van der Waals surface area contributed by atoms with Crippen molar-refractivity contribution >= 4 is 14.4 Å². The average Bonchev–Trinajstić information content (AvgIpc) is 2.30. The molecule has 0 saturated heterocycles. The second-order valence-electron chi connectivity index (χ2n) is 3.49. The van der Waals surface area contributed by atoms with Crippen molar-refractivity contribution in [2.45, 2.75) is 13.3 Å². The standard InChI is InChI=1S/C12H15O3P/c1-2-15-12(13)11(9-16-14)8-10-6-4-3-5-7-10/h3-7,11H,2,8-9H2,1H3/p+1. The summed E-state index contributed by atoms with van der Waals surface area (Å²) in [5.41, 5.74) is 1.07. The molecule has 0 aliphatic carbocycles. The van der Waals surface area contributed by atoms with E-state index >= 15 is 0 Å². The third-order valence-corrected chi connectivity index (χ3v) is 2.93. The Morgan fingerprint density at radius 2 is 2.06 bits per heavy atom. The topological polar surface area (TPSA) is 43.4 Å². The number of hydrogen-bond donors (Lipinski definition) is 0. The Bertz CT molecular complexity index is 337. The van der Waals surface area contributed by atoms with Gasteiger partial charge in [-0.05, 0) is 18.9 Å². The van der Waals surface area contributed by atoms with Gasteiger partial charge in [0.1, 0.15) is 5.92 Å². The molecule has 2 unspecified atom stereocenters. The van der Waals surface area contributed by atoms with Gasteiger partial charge in [0.25, 0.3) is 0 Å². The van der Waals surface area contributed by atoms with Crippen molar-refractivity contribution in [3.8, 4) is 0 Å². The van der Waals surface area contributed by atoms with Crippen LogP contribution in [0.3, 0.4) is 0 Å². The van der Waals surface area contributed by atoms with E-state index in [0.717, 1.165) is 5.56 Å². The first-order chi connectivity index (χ1) is 7.77. The van der Waals surface area contributed by atoms with E-state index in [-0.39, 0.29) is 11.9 Å². The minimum atomic E-state index is -0.464. The van der Waals surface area contributed by atoms with Crippen LogP contribution < -0.4 is 0 Å². The lowest BCUT2D eigenvalue weighted by molar-refractivity contribution is -0.147. The van der Waals surface area contributed by atoms with Gasteiger partial charge in [0, 0.05) is 0 Å². The first-order valence-corrected chi connectivity index (χ1v) is 6.45. The Morgan fingerprint density at radius 1 is 1.38 bits per heavy atom. The molecule has 86 valence electrons. The normalized spacial score (nSPS) is 12.3. The molecule has 3 nitrogen and oxygen atoms in total. The molecule has 0 radical (unpaired) electrons. The van der Waals surface area contributed by atoms with E-state index in [4.69, 9.17) is 4.74 Å². The lowest BCUT2D eigenvalue weighted by Gasteiger charge is -2.10. The van der Waals surface area contributed by atoms with Crippen LogP contribution in [0, 0.1) is 5.92 Å². The maximum Gasteiger partial charge on any atom is 0.325 e. The summed E-state index contributed by atoms with van der Waals surface area (Å²) in [6.45, 7) is 2.14. The average molecular weight is 239 g/mol. The van der Waals surface area contributed by atoms with Crippen molar-refractivity contribution < 1.29 is 14.1 Å². The largest absolute Gasteiger partial charge is 0.466 e. The van der Waals surface area contributed by atoms with Crippen molar-refractivity contribution in [1.29, 1.82) is 0 Å². The number of carbonyl (C=O) groups is 1. The monoisotopic (exact) mass is 239 g/mol. The number of hydrogen-bond acceptors (Lipinski definition) is 3. The first-order valence-electron chi connectivity index (χ1n) is 5.33. The Labute approximate surface area is 97.0 Å². The second kappa shape index (κ2) is 7.13. The van der Waals surface area contributed by atoms with Gasteiger partial charge in [0.05, 0.1) is 6.61 Å². The highest BCUT2D eigenvalue weighted by Crippen LogP contribution is 2.14. The van der Waals surface area contributed by atoms with Crippen molar-refractivity contribution in [1.82, 2.24) is 0 Å². The van der Waals surface area contributed by atoms with E-state index in [1.54, 1.807) is 6.92 Å². The number of benzene rings is 1. The summed E-state index contributed by atoms with van der Waals surface area (Å²) < 4.78 is 15.6. The fraction of sp³-hybridized carbons (Fsp3) is 0.417. The molecule has 4 heteroatoms. The second-order valence-corrected chi connectivity index (χ2v) is 4.18. The Balaban J connectivity index is 2.64. The molecule has 0 aromatic heterocycles. The van der Waals surface area contributed by atoms with Gasteiger partial charge < -0.3 is 4.74 Å². The highest BCUT2D eigenvalue weighted by Gasteiger charge is 2.23. The molecule has 1 aromatic rings. The highest BCUT2D eigenvalue weighted by molar-refractivity contribution is 7.23. The smallest absolute Gasteiger partial charge is 0.325 e. The van der Waals surface area contributed by atoms with Crippen LogP contribution in [0.25, 0.3) is 0 Å². The lowest BCUT2D eigenvalue weighted by atomic mass is 10.0. The molecule has 0 amide bonds. The van der Waals surface area contributed by atoms with Crippen LogP contribution in [-0.4, -0.2) is 18.7 Å². The maximum absolute atomic E-state index is 11.6. The van der Waals surface area contributed by atoms with Gasteiger partial charge in [-0.3, -0.25) is 4.79 Å². The fourth-order valence-corrected chi connectivity index (χ4v) is 2.01. The summed E-state index contributed by atoms with van der Waals surface area (Å²) in [6.07, 6.45) is 0.961. The van der Waals surface area contributed by atoms with Gasteiger partial charge in [-0.2, -0.15) is 0 Å². The van der Waals surface area contributed by atoms with Crippen LogP contribution in [0.15, 0.2) is 30.3 Å². The summed E-state index contributed by atoms with van der Waals surface area (Å²) in [5, 5.41) is 0. The molecular formula is C12H16O3P+. The van der Waals surface area contributed by atoms with Gasteiger partial charge in [-0.15, -0.1) is 0 Å². The van der Waals surface area contributed by atoms with Gasteiger partial charge in [-0.1, -0.05) is 34.9 Å². The molecule has 0 heterocycles. The van der Waals surface area contributed by atoms with Gasteiger partial charge in [0.2, 0.25) is 0 Å². The van der Waals surface area contributed by atoms with Crippen molar-refractivity contribution in [2.75, 3.05) is 12.8 Å². The SMILES string of the molecule is CCOC(=O)C(C[PH+]=O)Cc1ccccc1. The molecule has 1 aromatic carbocycles. The Kier molecular flexibility index (Phi) is 5.73.